The zero-order chi connectivity index (χ0) is 34.8. The van der Waals surface area contributed by atoms with Crippen molar-refractivity contribution in [2.45, 2.75) is 52.0 Å². The van der Waals surface area contributed by atoms with Gasteiger partial charge in [0.25, 0.3) is 5.69 Å². The molecule has 0 bridgehead atoms. The number of hydrogen-bond acceptors (Lipinski definition) is 6. The fourth-order valence-electron chi connectivity index (χ4n) is 5.11. The van der Waals surface area contributed by atoms with Crippen LogP contribution in [0.4, 0.5) is 24.5 Å². The topological polar surface area (TPSA) is 115 Å². The molecule has 254 valence electrons. The molecule has 1 heterocycles. The van der Waals surface area contributed by atoms with E-state index in [-0.39, 0.29) is 47.7 Å². The predicted octanol–water partition coefficient (Wildman–Crippen LogP) is 6.84. The summed E-state index contributed by atoms with van der Waals surface area (Å²) in [5.74, 6) is 0.287. The second-order valence-electron chi connectivity index (χ2n) is 11.4. The fraction of sp³-hybridized carbons (Fsp3) is 0.324. The van der Waals surface area contributed by atoms with E-state index in [2.05, 4.69) is 15.6 Å². The predicted molar refractivity (Wildman–Crippen MR) is 181 cm³/mol. The minimum absolute atomic E-state index is 0.00856. The van der Waals surface area contributed by atoms with Gasteiger partial charge in [0, 0.05) is 55.4 Å². The highest BCUT2D eigenvalue weighted by molar-refractivity contribution is 7.80. The van der Waals surface area contributed by atoms with E-state index in [0.29, 0.717) is 30.1 Å². The van der Waals surface area contributed by atoms with Crippen LogP contribution in [-0.2, 0) is 30.5 Å². The Hall–Kier alpha value is -4.98. The number of halogens is 3. The Morgan fingerprint density at radius 1 is 1.10 bits per heavy atom. The molecule has 4 rings (SSSR count). The van der Waals surface area contributed by atoms with Crippen LogP contribution in [0.25, 0.3) is 0 Å². The Morgan fingerprint density at radius 3 is 2.42 bits per heavy atom. The maximum atomic E-state index is 14.0. The molecule has 4 aromatic rings. The highest BCUT2D eigenvalue weighted by atomic mass is 32.1. The molecule has 2 N–H and O–H groups in total. The number of carbonyl (C=O) groups is 1. The maximum absolute atomic E-state index is 14.0. The van der Waals surface area contributed by atoms with Crippen LogP contribution in [0, 0.1) is 16.0 Å². The maximum Gasteiger partial charge on any atom is 0.416 e. The first-order valence-electron chi connectivity index (χ1n) is 15.2. The van der Waals surface area contributed by atoms with Crippen LogP contribution < -0.4 is 15.4 Å². The Kier molecular flexibility index (Phi) is 12.1. The third-order valence-electron chi connectivity index (χ3n) is 8.05. The molecule has 1 aromatic heterocycles. The molecule has 2 atom stereocenters. The van der Waals surface area contributed by atoms with Crippen molar-refractivity contribution >= 4 is 34.6 Å². The molecule has 0 spiro atoms. The number of amides is 1. The van der Waals surface area contributed by atoms with Crippen molar-refractivity contribution in [3.63, 3.8) is 0 Å². The van der Waals surface area contributed by atoms with E-state index in [0.717, 1.165) is 11.6 Å². The second kappa shape index (κ2) is 16.2. The number of methoxy groups -OCH3 is 1. The number of hydrogen-bond donors (Lipinski definition) is 2. The molecule has 0 aliphatic carbocycles. The van der Waals surface area contributed by atoms with Crippen molar-refractivity contribution in [3.8, 4) is 5.75 Å². The fourth-order valence-corrected chi connectivity index (χ4v) is 5.36. The largest absolute Gasteiger partial charge is 0.497 e. The molecule has 0 saturated heterocycles. The molecule has 3 aromatic carbocycles. The average Bonchev–Trinajstić information content (AvgIpc) is 3.49. The number of thiocarbonyl (C=S) groups is 1. The molecular formula is C34H37F3N6O4S. The molecule has 0 saturated carbocycles. The molecule has 0 radical (unpaired) electrons. The van der Waals surface area contributed by atoms with Gasteiger partial charge in [0.05, 0.1) is 30.3 Å². The van der Waals surface area contributed by atoms with Gasteiger partial charge in [-0.3, -0.25) is 14.9 Å². The summed E-state index contributed by atoms with van der Waals surface area (Å²) in [7, 11) is 1.54. The number of ether oxygens (including phenoxy) is 1. The normalized spacial score (nSPS) is 12.5. The van der Waals surface area contributed by atoms with Gasteiger partial charge in [-0.1, -0.05) is 50.6 Å². The standard InChI is InChI=1S/C34H37F3N6O4S/c1-4-23(2)31(40-32(44)17-28-18-38-22-42(28)19-24-9-13-27(14-10-24)43(45)46)21-41(20-25-7-5-6-8-30(25)34(35,36)37)33(48)39-26-11-15-29(47-3)16-12-26/h5-16,18,22-23,31H,4,17,19-21H2,1-3H3,(H,39,48)(H,40,44)/t23-,31+/m0/s1. The molecular weight excluding hydrogens is 645 g/mol. The first-order chi connectivity index (χ1) is 22.9. The molecule has 48 heavy (non-hydrogen) atoms. The van der Waals surface area contributed by atoms with E-state index >= 15 is 0 Å². The average molecular weight is 683 g/mol. The Morgan fingerprint density at radius 2 is 1.79 bits per heavy atom. The van der Waals surface area contributed by atoms with E-state index in [1.165, 1.54) is 24.3 Å². The smallest absolute Gasteiger partial charge is 0.416 e. The first-order valence-corrected chi connectivity index (χ1v) is 15.7. The molecule has 0 aliphatic heterocycles. The van der Waals surface area contributed by atoms with E-state index < -0.39 is 22.7 Å². The number of aromatic nitrogens is 2. The lowest BCUT2D eigenvalue weighted by molar-refractivity contribution is -0.384. The molecule has 10 nitrogen and oxygen atoms in total. The Labute approximate surface area is 282 Å². The van der Waals surface area contributed by atoms with Crippen LogP contribution >= 0.6 is 12.2 Å². The summed E-state index contributed by atoms with van der Waals surface area (Å²) in [6.07, 6.45) is -0.716. The van der Waals surface area contributed by atoms with E-state index in [1.54, 1.807) is 71.6 Å². The van der Waals surface area contributed by atoms with Crippen molar-refractivity contribution in [3.05, 3.63) is 118 Å². The van der Waals surface area contributed by atoms with Crippen molar-refractivity contribution in [2.24, 2.45) is 5.92 Å². The van der Waals surface area contributed by atoms with Crippen LogP contribution in [0.1, 0.15) is 42.7 Å². The monoisotopic (exact) mass is 682 g/mol. The van der Waals surface area contributed by atoms with Gasteiger partial charge in [-0.05, 0) is 59.6 Å². The van der Waals surface area contributed by atoms with Crippen LogP contribution in [0.3, 0.4) is 0 Å². The summed E-state index contributed by atoms with van der Waals surface area (Å²) in [5, 5.41) is 17.4. The minimum Gasteiger partial charge on any atom is -0.497 e. The number of anilines is 1. The van der Waals surface area contributed by atoms with Crippen molar-refractivity contribution < 1.29 is 27.6 Å². The molecule has 0 aliphatic rings. The second-order valence-corrected chi connectivity index (χ2v) is 11.8. The number of rotatable bonds is 14. The van der Waals surface area contributed by atoms with Crippen LogP contribution in [0.2, 0.25) is 0 Å². The lowest BCUT2D eigenvalue weighted by Gasteiger charge is -2.34. The third kappa shape index (κ3) is 9.77. The van der Waals surface area contributed by atoms with Gasteiger partial charge in [-0.25, -0.2) is 4.98 Å². The molecule has 0 fully saturated rings. The van der Waals surface area contributed by atoms with Gasteiger partial charge in [-0.2, -0.15) is 13.2 Å². The molecule has 14 heteroatoms. The van der Waals surface area contributed by atoms with E-state index in [4.69, 9.17) is 17.0 Å². The van der Waals surface area contributed by atoms with Gasteiger partial charge in [0.15, 0.2) is 5.11 Å². The van der Waals surface area contributed by atoms with Gasteiger partial charge in [-0.15, -0.1) is 0 Å². The summed E-state index contributed by atoms with van der Waals surface area (Å²) in [6, 6.07) is 18.0. The van der Waals surface area contributed by atoms with Gasteiger partial charge < -0.3 is 24.8 Å². The number of nitro benzene ring substituents is 1. The first kappa shape index (κ1) is 35.9. The molecule has 0 unspecified atom stereocenters. The highest BCUT2D eigenvalue weighted by Gasteiger charge is 2.34. The summed E-state index contributed by atoms with van der Waals surface area (Å²) < 4.78 is 48.9. The van der Waals surface area contributed by atoms with Crippen LogP contribution in [-0.4, -0.2) is 50.1 Å². The number of nitrogens with zero attached hydrogens (tertiary/aromatic N) is 4. The van der Waals surface area contributed by atoms with Gasteiger partial charge in [0.2, 0.25) is 5.91 Å². The summed E-state index contributed by atoms with van der Waals surface area (Å²) >= 11 is 5.74. The van der Waals surface area contributed by atoms with Crippen LogP contribution in [0.5, 0.6) is 5.75 Å². The SMILES string of the molecule is CC[C@H](C)[C@@H](CN(Cc1ccccc1C(F)(F)F)C(=S)Nc1ccc(OC)cc1)NC(=O)Cc1cncn1Cc1ccc([N+](=O)[O-])cc1. The van der Waals surface area contributed by atoms with Gasteiger partial charge >= 0.3 is 6.18 Å². The lowest BCUT2D eigenvalue weighted by Crippen LogP contribution is -2.50. The minimum atomic E-state index is -4.56. The number of alkyl halides is 3. The number of imidazole rings is 1. The molecule has 1 amide bonds. The summed E-state index contributed by atoms with van der Waals surface area (Å²) in [5.41, 5.74) is 1.32. The Balaban J connectivity index is 1.54. The van der Waals surface area contributed by atoms with Crippen molar-refractivity contribution in [1.82, 2.24) is 19.8 Å². The third-order valence-corrected chi connectivity index (χ3v) is 8.41. The Bertz CT molecular complexity index is 1700. The van der Waals surface area contributed by atoms with E-state index in [9.17, 15) is 28.1 Å². The van der Waals surface area contributed by atoms with Crippen LogP contribution in [0.15, 0.2) is 85.3 Å². The van der Waals surface area contributed by atoms with Gasteiger partial charge in [0.1, 0.15) is 5.75 Å². The number of benzene rings is 3. The highest BCUT2D eigenvalue weighted by Crippen LogP contribution is 2.32. The zero-order valence-electron chi connectivity index (χ0n) is 26.7. The van der Waals surface area contributed by atoms with E-state index in [1.807, 2.05) is 13.8 Å². The number of nitro groups is 1. The van der Waals surface area contributed by atoms with Crippen molar-refractivity contribution in [1.29, 1.82) is 0 Å². The zero-order valence-corrected chi connectivity index (χ0v) is 27.6. The number of carbonyl (C=O) groups excluding carboxylic acids is 1. The number of non-ortho nitro benzene ring substituents is 1. The summed E-state index contributed by atoms with van der Waals surface area (Å²) in [6.45, 7) is 4.28. The number of nitrogens with one attached hydrogen (secondary N) is 2. The van der Waals surface area contributed by atoms with Crippen molar-refractivity contribution in [2.75, 3.05) is 19.0 Å². The quantitative estimate of drug-likeness (QED) is 0.0845. The summed E-state index contributed by atoms with van der Waals surface area (Å²) in [4.78, 5) is 29.8. The lowest BCUT2D eigenvalue weighted by atomic mass is 9.97.